The van der Waals surface area contributed by atoms with E-state index in [0.29, 0.717) is 16.3 Å². The van der Waals surface area contributed by atoms with Gasteiger partial charge in [0, 0.05) is 17.1 Å². The summed E-state index contributed by atoms with van der Waals surface area (Å²) in [6, 6.07) is 20.6. The third kappa shape index (κ3) is 3.52. The zero-order valence-electron chi connectivity index (χ0n) is 13.2. The average molecular weight is 342 g/mol. The third-order valence-electron chi connectivity index (χ3n) is 3.82. The minimum atomic E-state index is -0.326. The van der Waals surface area contributed by atoms with Crippen LogP contribution < -0.4 is 10.1 Å². The van der Waals surface area contributed by atoms with Crippen LogP contribution in [0.3, 0.4) is 0 Å². The Morgan fingerprint density at radius 1 is 0.958 bits per heavy atom. The minimum absolute atomic E-state index is 0.278. The van der Waals surface area contributed by atoms with Gasteiger partial charge >= 0.3 is 0 Å². The molecule has 3 aromatic carbocycles. The monoisotopic (exact) mass is 341 g/mol. The number of hydrogen-bond acceptors (Lipinski definition) is 2. The molecule has 0 aliphatic heterocycles. The Bertz CT molecular complexity index is 816. The lowest BCUT2D eigenvalue weighted by Gasteiger charge is -2.14. The maximum absolute atomic E-state index is 13.9. The fraction of sp³-hybridized carbons (Fsp3) is 0.100. The number of benzene rings is 3. The van der Waals surface area contributed by atoms with Crippen LogP contribution in [0.2, 0.25) is 5.02 Å². The van der Waals surface area contributed by atoms with Crippen molar-refractivity contribution in [2.75, 3.05) is 12.4 Å². The summed E-state index contributed by atoms with van der Waals surface area (Å²) in [4.78, 5) is 0. The molecule has 0 aromatic heterocycles. The molecule has 0 aliphatic carbocycles. The topological polar surface area (TPSA) is 21.3 Å². The number of methoxy groups -OCH3 is 1. The van der Waals surface area contributed by atoms with E-state index < -0.39 is 0 Å². The largest absolute Gasteiger partial charge is 0.495 e. The van der Waals surface area contributed by atoms with Gasteiger partial charge in [-0.3, -0.25) is 0 Å². The van der Waals surface area contributed by atoms with Crippen LogP contribution in [0.4, 0.5) is 10.1 Å². The summed E-state index contributed by atoms with van der Waals surface area (Å²) in [5.74, 6) is 0.371. The first-order valence-corrected chi connectivity index (χ1v) is 7.97. The Labute approximate surface area is 145 Å². The van der Waals surface area contributed by atoms with Gasteiger partial charge in [0.25, 0.3) is 0 Å². The average Bonchev–Trinajstić information content (AvgIpc) is 2.62. The van der Waals surface area contributed by atoms with Gasteiger partial charge in [-0.15, -0.1) is 0 Å². The molecular weight excluding hydrogens is 325 g/mol. The standard InChI is InChI=1S/C20H17ClFNO/c1-24-20-11-10-15(14-6-3-2-4-7-14)12-19(20)23-13-16-17(21)8-5-9-18(16)22/h2-12,23H,13H2,1H3. The van der Waals surface area contributed by atoms with Crippen molar-refractivity contribution in [3.05, 3.63) is 83.1 Å². The first-order valence-electron chi connectivity index (χ1n) is 7.59. The molecule has 4 heteroatoms. The Hall–Kier alpha value is -2.52. The van der Waals surface area contributed by atoms with Gasteiger partial charge in [0.2, 0.25) is 0 Å². The highest BCUT2D eigenvalue weighted by atomic mass is 35.5. The lowest BCUT2D eigenvalue weighted by atomic mass is 10.0. The van der Waals surface area contributed by atoms with Crippen molar-refractivity contribution in [1.29, 1.82) is 0 Å². The summed E-state index contributed by atoms with van der Waals surface area (Å²) < 4.78 is 19.3. The Morgan fingerprint density at radius 2 is 1.75 bits per heavy atom. The lowest BCUT2D eigenvalue weighted by Crippen LogP contribution is -2.04. The second-order valence-corrected chi connectivity index (χ2v) is 5.74. The molecule has 0 saturated carbocycles. The van der Waals surface area contributed by atoms with Crippen molar-refractivity contribution in [2.45, 2.75) is 6.54 Å². The van der Waals surface area contributed by atoms with Crippen molar-refractivity contribution in [3.63, 3.8) is 0 Å². The summed E-state index contributed by atoms with van der Waals surface area (Å²) in [5.41, 5.74) is 3.38. The second-order valence-electron chi connectivity index (χ2n) is 5.33. The van der Waals surface area contributed by atoms with Crippen molar-refractivity contribution in [2.24, 2.45) is 0 Å². The highest BCUT2D eigenvalue weighted by Gasteiger charge is 2.10. The van der Waals surface area contributed by atoms with Crippen LogP contribution in [0.5, 0.6) is 5.75 Å². The van der Waals surface area contributed by atoms with E-state index in [1.165, 1.54) is 6.07 Å². The summed E-state index contributed by atoms with van der Waals surface area (Å²) in [6.07, 6.45) is 0. The maximum Gasteiger partial charge on any atom is 0.141 e. The fourth-order valence-electron chi connectivity index (χ4n) is 2.54. The number of anilines is 1. The second kappa shape index (κ2) is 7.37. The van der Waals surface area contributed by atoms with E-state index in [4.69, 9.17) is 16.3 Å². The van der Waals surface area contributed by atoms with Crippen LogP contribution in [0.1, 0.15) is 5.56 Å². The van der Waals surface area contributed by atoms with Gasteiger partial charge in [0.15, 0.2) is 0 Å². The molecule has 3 aromatic rings. The molecule has 0 spiro atoms. The first kappa shape index (κ1) is 16.3. The molecule has 0 saturated heterocycles. The lowest BCUT2D eigenvalue weighted by molar-refractivity contribution is 0.416. The van der Waals surface area contributed by atoms with Gasteiger partial charge < -0.3 is 10.1 Å². The molecule has 122 valence electrons. The molecule has 0 fully saturated rings. The maximum atomic E-state index is 13.9. The van der Waals surface area contributed by atoms with Crippen molar-refractivity contribution in [3.8, 4) is 16.9 Å². The number of halogens is 2. The van der Waals surface area contributed by atoms with E-state index >= 15 is 0 Å². The molecule has 3 rings (SSSR count). The van der Waals surface area contributed by atoms with Crippen LogP contribution in [0.25, 0.3) is 11.1 Å². The first-order chi connectivity index (χ1) is 11.7. The molecule has 0 heterocycles. The van der Waals surface area contributed by atoms with Crippen molar-refractivity contribution in [1.82, 2.24) is 0 Å². The predicted octanol–water partition coefficient (Wildman–Crippen LogP) is 5.77. The Morgan fingerprint density at radius 3 is 2.46 bits per heavy atom. The third-order valence-corrected chi connectivity index (χ3v) is 4.18. The SMILES string of the molecule is COc1ccc(-c2ccccc2)cc1NCc1c(F)cccc1Cl. The zero-order chi connectivity index (χ0) is 16.9. The van der Waals surface area contributed by atoms with E-state index in [-0.39, 0.29) is 12.4 Å². The molecule has 1 N–H and O–H groups in total. The molecule has 0 amide bonds. The van der Waals surface area contributed by atoms with E-state index in [2.05, 4.69) is 5.32 Å². The van der Waals surface area contributed by atoms with Crippen molar-refractivity contribution >= 4 is 17.3 Å². The van der Waals surface area contributed by atoms with E-state index in [1.54, 1.807) is 19.2 Å². The van der Waals surface area contributed by atoms with Crippen LogP contribution in [0, 0.1) is 5.82 Å². The zero-order valence-corrected chi connectivity index (χ0v) is 14.0. The molecule has 0 aliphatic rings. The fourth-order valence-corrected chi connectivity index (χ4v) is 2.77. The molecule has 0 unspecified atom stereocenters. The van der Waals surface area contributed by atoms with Gasteiger partial charge in [-0.1, -0.05) is 54.1 Å². The molecule has 0 atom stereocenters. The molecule has 0 bridgehead atoms. The van der Waals surface area contributed by atoms with E-state index in [9.17, 15) is 4.39 Å². The predicted molar refractivity (Wildman–Crippen MR) is 97.2 cm³/mol. The molecular formula is C20H17ClFNO. The Balaban J connectivity index is 1.89. The number of ether oxygens (including phenoxy) is 1. The summed E-state index contributed by atoms with van der Waals surface area (Å²) in [6.45, 7) is 0.278. The van der Waals surface area contributed by atoms with Crippen molar-refractivity contribution < 1.29 is 9.13 Å². The van der Waals surface area contributed by atoms with Gasteiger partial charge in [0.1, 0.15) is 11.6 Å². The van der Waals surface area contributed by atoms with Crippen LogP contribution in [0.15, 0.2) is 66.7 Å². The van der Waals surface area contributed by atoms with Crippen LogP contribution in [-0.4, -0.2) is 7.11 Å². The summed E-state index contributed by atoms with van der Waals surface area (Å²) >= 11 is 6.09. The van der Waals surface area contributed by atoms with Crippen LogP contribution in [-0.2, 0) is 6.54 Å². The molecule has 24 heavy (non-hydrogen) atoms. The van der Waals surface area contributed by atoms with Crippen LogP contribution >= 0.6 is 11.6 Å². The van der Waals surface area contributed by atoms with E-state index in [0.717, 1.165) is 16.8 Å². The normalized spacial score (nSPS) is 10.5. The minimum Gasteiger partial charge on any atom is -0.495 e. The molecule has 2 nitrogen and oxygen atoms in total. The van der Waals surface area contributed by atoms with Gasteiger partial charge in [-0.05, 0) is 35.4 Å². The summed E-state index contributed by atoms with van der Waals surface area (Å²) in [5, 5.41) is 3.63. The highest BCUT2D eigenvalue weighted by Crippen LogP contribution is 2.31. The van der Waals surface area contributed by atoms with Gasteiger partial charge in [-0.2, -0.15) is 0 Å². The summed E-state index contributed by atoms with van der Waals surface area (Å²) in [7, 11) is 1.61. The number of nitrogens with one attached hydrogen (secondary N) is 1. The molecule has 0 radical (unpaired) electrons. The quantitative estimate of drug-likeness (QED) is 0.636. The Kier molecular flexibility index (Phi) is 5.02. The van der Waals surface area contributed by atoms with Gasteiger partial charge in [-0.25, -0.2) is 4.39 Å². The van der Waals surface area contributed by atoms with E-state index in [1.807, 2.05) is 48.5 Å². The van der Waals surface area contributed by atoms with Gasteiger partial charge in [0.05, 0.1) is 12.8 Å². The number of rotatable bonds is 5. The number of hydrogen-bond donors (Lipinski definition) is 1. The smallest absolute Gasteiger partial charge is 0.141 e. The highest BCUT2D eigenvalue weighted by molar-refractivity contribution is 6.31.